The Balaban J connectivity index is 0.00000289. The summed E-state index contributed by atoms with van der Waals surface area (Å²) < 4.78 is 0. The molecule has 96 valence electrons. The largest absolute Gasteiger partial charge is 1.00 e. The van der Waals surface area contributed by atoms with Gasteiger partial charge in [-0.05, 0) is 12.8 Å². The van der Waals surface area contributed by atoms with Gasteiger partial charge in [-0.25, -0.2) is 4.99 Å². The summed E-state index contributed by atoms with van der Waals surface area (Å²) in [4.78, 5) is 27.2. The fourth-order valence-electron chi connectivity index (χ4n) is 2.21. The van der Waals surface area contributed by atoms with Crippen LogP contribution < -0.4 is 40.0 Å². The zero-order valence-electron chi connectivity index (χ0n) is 11.4. The summed E-state index contributed by atoms with van der Waals surface area (Å²) >= 11 is 0. The Bertz CT molecular complexity index is 344. The van der Waals surface area contributed by atoms with Crippen LogP contribution in [0.4, 0.5) is 0 Å². The molecule has 5 nitrogen and oxygen atoms in total. The molecule has 1 heterocycles. The van der Waals surface area contributed by atoms with Crippen molar-refractivity contribution in [1.29, 1.82) is 0 Å². The molecule has 1 unspecified atom stereocenters. The van der Waals surface area contributed by atoms with E-state index in [-0.39, 0.29) is 29.6 Å². The molecule has 1 atom stereocenters. The third kappa shape index (κ3) is 3.80. The van der Waals surface area contributed by atoms with Crippen LogP contribution in [-0.4, -0.2) is 17.8 Å². The molecule has 6 heteroatoms. The van der Waals surface area contributed by atoms with Crippen LogP contribution in [0.25, 0.3) is 0 Å². The molecule has 0 aromatic rings. The number of carbonyl (C=O) groups excluding carboxylic acids is 2. The smallest absolute Gasteiger partial charge is 0.846 e. The number of amides is 2. The number of amidine groups is 1. The molecule has 1 N–H and O–H groups in total. The van der Waals surface area contributed by atoms with Crippen LogP contribution in [0.2, 0.25) is 0 Å². The third-order valence-corrected chi connectivity index (χ3v) is 3.15. The molecule has 1 aliphatic rings. The molecule has 0 fully saturated rings. The number of nitrogens with one attached hydrogen (secondary N) is 1. The molecule has 0 aromatic carbocycles. The van der Waals surface area contributed by atoms with E-state index in [1.54, 1.807) is 0 Å². The minimum absolute atomic E-state index is 0. The minimum atomic E-state index is -1.10. The van der Waals surface area contributed by atoms with Crippen LogP contribution in [0.3, 0.4) is 0 Å². The molecule has 0 aromatic heterocycles. The van der Waals surface area contributed by atoms with Crippen molar-refractivity contribution in [2.75, 3.05) is 0 Å². The van der Waals surface area contributed by atoms with Gasteiger partial charge in [-0.2, -0.15) is 0 Å². The Morgan fingerprint density at radius 3 is 2.33 bits per heavy atom. The quantitative estimate of drug-likeness (QED) is 0.333. The standard InChI is InChI=1S/C12H20N2O3.Na/c1-3-5-6-8-12(7-4-2)9(15)13-11(17)14-10(12)16;/h3-8H2,1-2H3,(H2,13,14,15,16,17);/q;+1/p-1. The van der Waals surface area contributed by atoms with E-state index in [1.165, 1.54) is 0 Å². The van der Waals surface area contributed by atoms with Crippen molar-refractivity contribution in [3.8, 4) is 0 Å². The first-order chi connectivity index (χ1) is 8.06. The van der Waals surface area contributed by atoms with Gasteiger partial charge in [0.2, 0.25) is 5.91 Å². The van der Waals surface area contributed by atoms with Crippen LogP contribution in [0.5, 0.6) is 0 Å². The first kappa shape index (κ1) is 17.6. The second-order valence-corrected chi connectivity index (χ2v) is 4.47. The van der Waals surface area contributed by atoms with Crippen molar-refractivity contribution < 1.29 is 44.3 Å². The van der Waals surface area contributed by atoms with Crippen molar-refractivity contribution >= 4 is 17.8 Å². The van der Waals surface area contributed by atoms with Crippen molar-refractivity contribution in [3.63, 3.8) is 0 Å². The third-order valence-electron chi connectivity index (χ3n) is 3.15. The van der Waals surface area contributed by atoms with E-state index < -0.39 is 23.3 Å². The maximum Gasteiger partial charge on any atom is 1.00 e. The topological polar surface area (TPSA) is 81.6 Å². The van der Waals surface area contributed by atoms with E-state index >= 15 is 0 Å². The molecule has 0 spiro atoms. The van der Waals surface area contributed by atoms with Crippen molar-refractivity contribution in [3.05, 3.63) is 0 Å². The van der Waals surface area contributed by atoms with Gasteiger partial charge in [-0.15, -0.1) is 0 Å². The number of hydrogen-bond acceptors (Lipinski definition) is 3. The fraction of sp³-hybridized carbons (Fsp3) is 0.750. The Morgan fingerprint density at radius 2 is 1.83 bits per heavy atom. The molecule has 1 rings (SSSR count). The summed E-state index contributed by atoms with van der Waals surface area (Å²) in [7, 11) is 0. The van der Waals surface area contributed by atoms with Gasteiger partial charge in [0.25, 0.3) is 5.91 Å². The molecule has 0 saturated carbocycles. The summed E-state index contributed by atoms with van der Waals surface area (Å²) in [5, 5.41) is 13.1. The van der Waals surface area contributed by atoms with Gasteiger partial charge in [0.15, 0.2) is 0 Å². The SMILES string of the molecule is CCCCCC1(CCC)C(=O)N=C([O-])NC1=O.[Na+]. The van der Waals surface area contributed by atoms with E-state index in [0.29, 0.717) is 12.8 Å². The zero-order chi connectivity index (χ0) is 12.9. The Morgan fingerprint density at radius 1 is 1.17 bits per heavy atom. The summed E-state index contributed by atoms with van der Waals surface area (Å²) in [6.07, 6.45) is 4.46. The summed E-state index contributed by atoms with van der Waals surface area (Å²) in [6, 6.07) is -0.831. The van der Waals surface area contributed by atoms with E-state index in [2.05, 4.69) is 17.2 Å². The van der Waals surface area contributed by atoms with Gasteiger partial charge >= 0.3 is 29.6 Å². The summed E-state index contributed by atoms with van der Waals surface area (Å²) in [5.41, 5.74) is -1.10. The monoisotopic (exact) mass is 262 g/mol. The van der Waals surface area contributed by atoms with Crippen LogP contribution in [0.15, 0.2) is 4.99 Å². The second-order valence-electron chi connectivity index (χ2n) is 4.47. The summed E-state index contributed by atoms with van der Waals surface area (Å²) in [6.45, 7) is 3.97. The minimum Gasteiger partial charge on any atom is -0.846 e. The molecule has 0 saturated heterocycles. The number of hydrogen-bond donors (Lipinski definition) is 1. The Hall–Kier alpha value is -0.390. The van der Waals surface area contributed by atoms with Gasteiger partial charge in [-0.1, -0.05) is 39.5 Å². The van der Waals surface area contributed by atoms with E-state index in [1.807, 2.05) is 6.92 Å². The summed E-state index contributed by atoms with van der Waals surface area (Å²) in [5.74, 6) is -1.04. The number of nitrogens with zero attached hydrogens (tertiary/aromatic N) is 1. The molecule has 2 amide bonds. The van der Waals surface area contributed by atoms with E-state index in [4.69, 9.17) is 0 Å². The molecular formula is C12H19N2NaO3. The Labute approximate surface area is 130 Å². The van der Waals surface area contributed by atoms with Crippen LogP contribution in [0.1, 0.15) is 52.4 Å². The van der Waals surface area contributed by atoms with Crippen LogP contribution >= 0.6 is 0 Å². The van der Waals surface area contributed by atoms with Crippen LogP contribution in [-0.2, 0) is 9.59 Å². The number of carbonyl (C=O) groups is 2. The van der Waals surface area contributed by atoms with Gasteiger partial charge in [0.05, 0.1) is 6.02 Å². The number of unbranched alkanes of at least 4 members (excludes halogenated alkanes) is 2. The molecule has 0 radical (unpaired) electrons. The maximum absolute atomic E-state index is 11.9. The van der Waals surface area contributed by atoms with Crippen molar-refractivity contribution in [1.82, 2.24) is 5.32 Å². The van der Waals surface area contributed by atoms with Gasteiger partial charge in [-0.3, -0.25) is 9.59 Å². The first-order valence-electron chi connectivity index (χ1n) is 6.18. The predicted molar refractivity (Wildman–Crippen MR) is 62.1 cm³/mol. The predicted octanol–water partition coefficient (Wildman–Crippen LogP) is -2.27. The molecule has 1 aliphatic heterocycles. The van der Waals surface area contributed by atoms with Gasteiger partial charge < -0.3 is 10.4 Å². The second kappa shape index (κ2) is 7.92. The molecule has 18 heavy (non-hydrogen) atoms. The Kier molecular flexibility index (Phi) is 7.75. The van der Waals surface area contributed by atoms with Crippen molar-refractivity contribution in [2.24, 2.45) is 10.4 Å². The van der Waals surface area contributed by atoms with Gasteiger partial charge in [0.1, 0.15) is 5.41 Å². The average molecular weight is 262 g/mol. The normalized spacial score (nSPS) is 23.1. The molecule has 0 aliphatic carbocycles. The average Bonchev–Trinajstić information content (AvgIpc) is 2.25. The number of aliphatic imine (C=N–C) groups is 1. The molecular weight excluding hydrogens is 243 g/mol. The van der Waals surface area contributed by atoms with Gasteiger partial charge in [0, 0.05) is 0 Å². The fourth-order valence-corrected chi connectivity index (χ4v) is 2.21. The number of rotatable bonds is 6. The molecule has 0 bridgehead atoms. The van der Waals surface area contributed by atoms with E-state index in [9.17, 15) is 14.7 Å². The van der Waals surface area contributed by atoms with E-state index in [0.717, 1.165) is 25.7 Å². The van der Waals surface area contributed by atoms with Crippen LogP contribution in [0, 0.1) is 5.41 Å². The van der Waals surface area contributed by atoms with Crippen molar-refractivity contribution in [2.45, 2.75) is 52.4 Å². The zero-order valence-corrected chi connectivity index (χ0v) is 13.4. The first-order valence-corrected chi connectivity index (χ1v) is 6.18. The maximum atomic E-state index is 11.9.